The van der Waals surface area contributed by atoms with E-state index in [1.54, 1.807) is 0 Å². The number of carbonyl (C=O) groups excluding carboxylic acids is 1. The quantitative estimate of drug-likeness (QED) is 0.581. The molecule has 1 aliphatic rings. The molecule has 3 heteroatoms. The third-order valence-electron chi connectivity index (χ3n) is 3.04. The first kappa shape index (κ1) is 12.1. The number of esters is 1. The predicted molar refractivity (Wildman–Crippen MR) is 64.5 cm³/mol. The lowest BCUT2D eigenvalue weighted by Gasteiger charge is -2.10. The van der Waals surface area contributed by atoms with Gasteiger partial charge in [-0.15, -0.1) is 0 Å². The van der Waals surface area contributed by atoms with E-state index in [9.17, 15) is 4.79 Å². The average Bonchev–Trinajstić information content (AvgIpc) is 3.07. The summed E-state index contributed by atoms with van der Waals surface area (Å²) in [5.41, 5.74) is 0.320. The molecule has 0 aromatic heterocycles. The zero-order chi connectivity index (χ0) is 12.3. The highest BCUT2D eigenvalue weighted by Gasteiger charge is 2.63. The Balaban J connectivity index is 2.15. The second-order valence-electron chi connectivity index (χ2n) is 4.27. The molecule has 17 heavy (non-hydrogen) atoms. The molecule has 1 aromatic carbocycles. The van der Waals surface area contributed by atoms with Crippen molar-refractivity contribution in [2.45, 2.75) is 38.4 Å². The van der Waals surface area contributed by atoms with Gasteiger partial charge in [-0.25, -0.2) is 4.79 Å². The van der Waals surface area contributed by atoms with Crippen molar-refractivity contribution >= 4 is 5.97 Å². The highest BCUT2D eigenvalue weighted by atomic mass is 16.7. The number of hydrogen-bond donors (Lipinski definition) is 0. The fourth-order valence-electron chi connectivity index (χ4n) is 2.21. The number of carbonyl (C=O) groups is 1. The third-order valence-corrected chi connectivity index (χ3v) is 3.04. The zero-order valence-electron chi connectivity index (χ0n) is 10.3. The number of ether oxygens (including phenoxy) is 2. The second kappa shape index (κ2) is 4.88. The van der Waals surface area contributed by atoms with E-state index in [0.717, 1.165) is 12.0 Å². The molecule has 2 rings (SSSR count). The van der Waals surface area contributed by atoms with Crippen molar-refractivity contribution in [3.63, 3.8) is 0 Å². The van der Waals surface area contributed by atoms with Gasteiger partial charge in [-0.2, -0.15) is 0 Å². The third kappa shape index (κ3) is 2.20. The molecular weight excluding hydrogens is 216 g/mol. The van der Waals surface area contributed by atoms with Gasteiger partial charge in [0, 0.05) is 0 Å². The molecule has 2 atom stereocenters. The lowest BCUT2D eigenvalue weighted by Crippen LogP contribution is -2.27. The molecule has 0 aliphatic carbocycles. The van der Waals surface area contributed by atoms with E-state index in [-0.39, 0.29) is 12.1 Å². The minimum Gasteiger partial charge on any atom is -0.464 e. The number of epoxide rings is 1. The molecule has 0 N–H and O–H groups in total. The van der Waals surface area contributed by atoms with Crippen molar-refractivity contribution in [1.29, 1.82) is 0 Å². The summed E-state index contributed by atoms with van der Waals surface area (Å²) in [6.45, 7) is 4.26. The molecule has 92 valence electrons. The molecule has 0 unspecified atom stereocenters. The maximum absolute atomic E-state index is 12.0. The van der Waals surface area contributed by atoms with E-state index in [0.29, 0.717) is 13.0 Å². The van der Waals surface area contributed by atoms with Crippen LogP contribution in [0, 0.1) is 0 Å². The first-order valence-corrected chi connectivity index (χ1v) is 6.14. The van der Waals surface area contributed by atoms with Gasteiger partial charge in [0.1, 0.15) is 6.10 Å². The Bertz CT molecular complexity index is 388. The summed E-state index contributed by atoms with van der Waals surface area (Å²) in [5.74, 6) is -0.226. The summed E-state index contributed by atoms with van der Waals surface area (Å²) < 4.78 is 10.8. The molecule has 1 aliphatic heterocycles. The Hall–Kier alpha value is -1.35. The van der Waals surface area contributed by atoms with Crippen LogP contribution in [0.3, 0.4) is 0 Å². The van der Waals surface area contributed by atoms with E-state index >= 15 is 0 Å². The van der Waals surface area contributed by atoms with Crippen molar-refractivity contribution in [3.05, 3.63) is 35.9 Å². The van der Waals surface area contributed by atoms with Gasteiger partial charge in [-0.05, 0) is 18.9 Å². The maximum Gasteiger partial charge on any atom is 0.341 e. The first-order valence-electron chi connectivity index (χ1n) is 6.14. The highest BCUT2D eigenvalue weighted by Crippen LogP contribution is 2.53. The average molecular weight is 234 g/mol. The summed E-state index contributed by atoms with van der Waals surface area (Å²) in [4.78, 5) is 12.0. The maximum atomic E-state index is 12.0. The SMILES string of the molecule is CCC[C@]1(C(=O)OCC)O[C@H]1c1ccccc1. The molecule has 1 fully saturated rings. The molecule has 0 radical (unpaired) electrons. The highest BCUT2D eigenvalue weighted by molar-refractivity contribution is 5.83. The van der Waals surface area contributed by atoms with Gasteiger partial charge in [0.25, 0.3) is 0 Å². The van der Waals surface area contributed by atoms with Gasteiger partial charge < -0.3 is 9.47 Å². The van der Waals surface area contributed by atoms with Crippen LogP contribution in [0.15, 0.2) is 30.3 Å². The lowest BCUT2D eigenvalue weighted by atomic mass is 9.95. The zero-order valence-corrected chi connectivity index (χ0v) is 10.3. The molecular formula is C14H18O3. The molecule has 0 spiro atoms. The van der Waals surface area contributed by atoms with Crippen LogP contribution in [-0.4, -0.2) is 18.2 Å². The van der Waals surface area contributed by atoms with Crippen molar-refractivity contribution in [2.75, 3.05) is 6.61 Å². The Labute approximate surface area is 102 Å². The van der Waals surface area contributed by atoms with Crippen molar-refractivity contribution in [1.82, 2.24) is 0 Å². The fourth-order valence-corrected chi connectivity index (χ4v) is 2.21. The molecule has 0 bridgehead atoms. The fraction of sp³-hybridized carbons (Fsp3) is 0.500. The van der Waals surface area contributed by atoms with Gasteiger partial charge in [0.05, 0.1) is 6.61 Å². The second-order valence-corrected chi connectivity index (χ2v) is 4.27. The van der Waals surface area contributed by atoms with Gasteiger partial charge in [-0.3, -0.25) is 0 Å². The normalized spacial score (nSPS) is 26.6. The minimum atomic E-state index is -0.730. The molecule has 1 aromatic rings. The van der Waals surface area contributed by atoms with Crippen LogP contribution < -0.4 is 0 Å². The van der Waals surface area contributed by atoms with E-state index in [4.69, 9.17) is 9.47 Å². The number of rotatable bonds is 5. The Morgan fingerprint density at radius 1 is 1.35 bits per heavy atom. The van der Waals surface area contributed by atoms with Crippen LogP contribution in [0.4, 0.5) is 0 Å². The molecule has 0 amide bonds. The van der Waals surface area contributed by atoms with Crippen LogP contribution in [-0.2, 0) is 14.3 Å². The lowest BCUT2D eigenvalue weighted by molar-refractivity contribution is -0.149. The predicted octanol–water partition coefficient (Wildman–Crippen LogP) is 2.86. The van der Waals surface area contributed by atoms with E-state index in [2.05, 4.69) is 0 Å². The van der Waals surface area contributed by atoms with E-state index < -0.39 is 5.60 Å². The molecule has 1 heterocycles. The van der Waals surface area contributed by atoms with Crippen LogP contribution in [0.25, 0.3) is 0 Å². The Kier molecular flexibility index (Phi) is 3.48. The van der Waals surface area contributed by atoms with Crippen molar-refractivity contribution < 1.29 is 14.3 Å². The smallest absolute Gasteiger partial charge is 0.341 e. The summed E-state index contributed by atoms with van der Waals surface area (Å²) in [6.07, 6.45) is 1.48. The van der Waals surface area contributed by atoms with Crippen LogP contribution in [0.2, 0.25) is 0 Å². The molecule has 1 saturated heterocycles. The van der Waals surface area contributed by atoms with E-state index in [1.165, 1.54) is 0 Å². The Morgan fingerprint density at radius 2 is 2.06 bits per heavy atom. The monoisotopic (exact) mass is 234 g/mol. The van der Waals surface area contributed by atoms with E-state index in [1.807, 2.05) is 44.2 Å². The summed E-state index contributed by atoms with van der Waals surface area (Å²) in [5, 5.41) is 0. The van der Waals surface area contributed by atoms with Crippen LogP contribution in [0.5, 0.6) is 0 Å². The topological polar surface area (TPSA) is 38.8 Å². The molecule has 0 saturated carbocycles. The summed E-state index contributed by atoms with van der Waals surface area (Å²) >= 11 is 0. The molecule has 3 nitrogen and oxygen atoms in total. The Morgan fingerprint density at radius 3 is 2.65 bits per heavy atom. The van der Waals surface area contributed by atoms with Gasteiger partial charge >= 0.3 is 5.97 Å². The minimum absolute atomic E-state index is 0.136. The summed E-state index contributed by atoms with van der Waals surface area (Å²) in [6, 6.07) is 9.85. The van der Waals surface area contributed by atoms with Crippen molar-refractivity contribution in [2.24, 2.45) is 0 Å². The van der Waals surface area contributed by atoms with Gasteiger partial charge in [-0.1, -0.05) is 43.7 Å². The standard InChI is InChI=1S/C14H18O3/c1-3-10-14(13(15)16-4-2)12(17-14)11-8-6-5-7-9-11/h5-9,12H,3-4,10H2,1-2H3/t12-,14-/m0/s1. The van der Waals surface area contributed by atoms with Gasteiger partial charge in [0.15, 0.2) is 5.60 Å². The van der Waals surface area contributed by atoms with Crippen molar-refractivity contribution in [3.8, 4) is 0 Å². The van der Waals surface area contributed by atoms with Crippen LogP contribution >= 0.6 is 0 Å². The first-order chi connectivity index (χ1) is 8.24. The summed E-state index contributed by atoms with van der Waals surface area (Å²) in [7, 11) is 0. The number of benzene rings is 1. The largest absolute Gasteiger partial charge is 0.464 e. The van der Waals surface area contributed by atoms with Gasteiger partial charge in [0.2, 0.25) is 0 Å². The number of hydrogen-bond acceptors (Lipinski definition) is 3. The van der Waals surface area contributed by atoms with Crippen LogP contribution in [0.1, 0.15) is 38.4 Å².